The number of carbonyl (C=O) groups is 2. The molecule has 8 nitrogen and oxygen atoms in total. The van der Waals surface area contributed by atoms with Gasteiger partial charge in [-0.2, -0.15) is 4.31 Å². The highest BCUT2D eigenvalue weighted by Crippen LogP contribution is 2.16. The minimum absolute atomic E-state index is 0.210. The number of ether oxygens (including phenoxy) is 2. The Kier molecular flexibility index (Phi) is 7.76. The first kappa shape index (κ1) is 21.3. The number of esters is 1. The first-order valence-electron chi connectivity index (χ1n) is 9.02. The third-order valence-corrected chi connectivity index (χ3v) is 6.36. The lowest BCUT2D eigenvalue weighted by Gasteiger charge is -2.18. The number of rotatable bonds is 9. The van der Waals surface area contributed by atoms with Gasteiger partial charge in [-0.15, -0.1) is 0 Å². The molecule has 150 valence electrons. The van der Waals surface area contributed by atoms with Crippen molar-refractivity contribution < 1.29 is 27.5 Å². The van der Waals surface area contributed by atoms with Crippen LogP contribution < -0.4 is 5.32 Å². The summed E-state index contributed by atoms with van der Waals surface area (Å²) in [5, 5.41) is 2.63. The zero-order valence-electron chi connectivity index (χ0n) is 15.6. The lowest BCUT2D eigenvalue weighted by atomic mass is 10.2. The van der Waals surface area contributed by atoms with Crippen LogP contribution in [0, 0.1) is 0 Å². The van der Waals surface area contributed by atoms with Gasteiger partial charge in [0, 0.05) is 26.2 Å². The van der Waals surface area contributed by atoms with Gasteiger partial charge in [-0.25, -0.2) is 13.2 Å². The van der Waals surface area contributed by atoms with E-state index in [-0.39, 0.29) is 18.0 Å². The first-order valence-corrected chi connectivity index (χ1v) is 10.5. The second-order valence-electron chi connectivity index (χ2n) is 6.12. The molecular formula is C18H26N2O6S. The number of sulfonamides is 1. The summed E-state index contributed by atoms with van der Waals surface area (Å²) in [5.74, 6) is -0.949. The molecule has 0 aromatic heterocycles. The van der Waals surface area contributed by atoms with Gasteiger partial charge in [0.25, 0.3) is 5.91 Å². The molecule has 1 aromatic rings. The Balaban J connectivity index is 1.82. The molecule has 1 aliphatic heterocycles. The number of carbonyl (C=O) groups excluding carboxylic acids is 2. The van der Waals surface area contributed by atoms with Crippen molar-refractivity contribution in [3.8, 4) is 0 Å². The van der Waals surface area contributed by atoms with Crippen LogP contribution in [-0.2, 0) is 35.6 Å². The molecule has 1 amide bonds. The Hall–Kier alpha value is -1.97. The average Bonchev–Trinajstić information content (AvgIpc) is 3.20. The Morgan fingerprint density at radius 2 is 1.89 bits per heavy atom. The summed E-state index contributed by atoms with van der Waals surface area (Å²) >= 11 is 0. The van der Waals surface area contributed by atoms with E-state index in [9.17, 15) is 18.0 Å². The van der Waals surface area contributed by atoms with Gasteiger partial charge in [0.1, 0.15) is 0 Å². The summed E-state index contributed by atoms with van der Waals surface area (Å²) in [4.78, 5) is 23.7. The molecule has 1 N–H and O–H groups in total. The summed E-state index contributed by atoms with van der Waals surface area (Å²) in [6.45, 7) is 4.76. The van der Waals surface area contributed by atoms with Crippen molar-refractivity contribution >= 4 is 21.9 Å². The fraction of sp³-hybridized carbons (Fsp3) is 0.556. The van der Waals surface area contributed by atoms with Gasteiger partial charge in [0.2, 0.25) is 10.0 Å². The van der Waals surface area contributed by atoms with Gasteiger partial charge in [-0.3, -0.25) is 4.79 Å². The second-order valence-corrected chi connectivity index (χ2v) is 8.06. The molecule has 2 rings (SSSR count). The van der Waals surface area contributed by atoms with Crippen molar-refractivity contribution in [2.45, 2.75) is 44.2 Å². The van der Waals surface area contributed by atoms with E-state index in [1.54, 1.807) is 26.0 Å². The van der Waals surface area contributed by atoms with Crippen LogP contribution >= 0.6 is 0 Å². The van der Waals surface area contributed by atoms with Crippen LogP contribution in [0.25, 0.3) is 0 Å². The van der Waals surface area contributed by atoms with Crippen molar-refractivity contribution in [2.75, 3.05) is 26.3 Å². The quantitative estimate of drug-likeness (QED) is 0.624. The summed E-state index contributed by atoms with van der Waals surface area (Å²) in [5.41, 5.74) is 0.743. The van der Waals surface area contributed by atoms with Crippen molar-refractivity contribution in [1.29, 1.82) is 0 Å². The minimum Gasteiger partial charge on any atom is -0.454 e. The molecule has 0 aliphatic carbocycles. The molecule has 27 heavy (non-hydrogen) atoms. The van der Waals surface area contributed by atoms with Crippen LogP contribution in [0.3, 0.4) is 0 Å². The number of benzene rings is 1. The lowest BCUT2D eigenvalue weighted by Crippen LogP contribution is -2.31. The molecule has 9 heteroatoms. The highest BCUT2D eigenvalue weighted by molar-refractivity contribution is 7.89. The molecule has 1 atom stereocenters. The molecule has 1 saturated heterocycles. The SMILES string of the molecule is CCN(CC)S(=O)(=O)c1ccc(CNC(=O)COC(=O)[C@H]2CCCO2)cc1. The van der Waals surface area contributed by atoms with Crippen molar-refractivity contribution in [3.05, 3.63) is 29.8 Å². The molecule has 0 unspecified atom stereocenters. The van der Waals surface area contributed by atoms with Crippen LogP contribution in [-0.4, -0.2) is 57.0 Å². The molecule has 0 spiro atoms. The smallest absolute Gasteiger partial charge is 0.335 e. The van der Waals surface area contributed by atoms with E-state index in [1.165, 1.54) is 16.4 Å². The molecule has 0 bridgehead atoms. The number of nitrogens with zero attached hydrogens (tertiary/aromatic N) is 1. The molecule has 0 saturated carbocycles. The van der Waals surface area contributed by atoms with Gasteiger partial charge in [-0.1, -0.05) is 26.0 Å². The van der Waals surface area contributed by atoms with E-state index in [4.69, 9.17) is 9.47 Å². The van der Waals surface area contributed by atoms with Crippen molar-refractivity contribution in [1.82, 2.24) is 9.62 Å². The van der Waals surface area contributed by atoms with Gasteiger partial charge >= 0.3 is 5.97 Å². The normalized spacial score (nSPS) is 17.1. The Labute approximate surface area is 159 Å². The van der Waals surface area contributed by atoms with Crippen LogP contribution in [0.2, 0.25) is 0 Å². The van der Waals surface area contributed by atoms with Crippen molar-refractivity contribution in [3.63, 3.8) is 0 Å². The monoisotopic (exact) mass is 398 g/mol. The number of amides is 1. The highest BCUT2D eigenvalue weighted by atomic mass is 32.2. The van der Waals surface area contributed by atoms with Crippen LogP contribution in [0.4, 0.5) is 0 Å². The zero-order chi connectivity index (χ0) is 19.9. The van der Waals surface area contributed by atoms with Crippen LogP contribution in [0.5, 0.6) is 0 Å². The predicted octanol–water partition coefficient (Wildman–Crippen LogP) is 1.06. The molecule has 1 aromatic carbocycles. The first-order chi connectivity index (χ1) is 12.9. The highest BCUT2D eigenvalue weighted by Gasteiger charge is 2.25. The van der Waals surface area contributed by atoms with E-state index in [0.717, 1.165) is 12.0 Å². The van der Waals surface area contributed by atoms with E-state index in [2.05, 4.69) is 5.32 Å². The fourth-order valence-electron chi connectivity index (χ4n) is 2.74. The summed E-state index contributed by atoms with van der Waals surface area (Å²) < 4.78 is 36.4. The number of hydrogen-bond donors (Lipinski definition) is 1. The summed E-state index contributed by atoms with van der Waals surface area (Å²) in [6.07, 6.45) is 0.855. The molecule has 1 heterocycles. The van der Waals surface area contributed by atoms with E-state index in [1.807, 2.05) is 0 Å². The Morgan fingerprint density at radius 1 is 1.22 bits per heavy atom. The van der Waals surface area contributed by atoms with Crippen molar-refractivity contribution in [2.24, 2.45) is 0 Å². The van der Waals surface area contributed by atoms with Gasteiger partial charge in [0.15, 0.2) is 12.7 Å². The number of hydrogen-bond acceptors (Lipinski definition) is 6. The summed E-state index contributed by atoms with van der Waals surface area (Å²) in [6, 6.07) is 6.34. The van der Waals surface area contributed by atoms with Gasteiger partial charge in [-0.05, 0) is 30.5 Å². The Morgan fingerprint density at radius 3 is 2.44 bits per heavy atom. The van der Waals surface area contributed by atoms with E-state index >= 15 is 0 Å². The maximum absolute atomic E-state index is 12.4. The number of nitrogens with one attached hydrogen (secondary N) is 1. The molecular weight excluding hydrogens is 372 g/mol. The average molecular weight is 398 g/mol. The van der Waals surface area contributed by atoms with Crippen LogP contribution in [0.15, 0.2) is 29.2 Å². The second kappa shape index (κ2) is 9.82. The maximum atomic E-state index is 12.4. The lowest BCUT2D eigenvalue weighted by molar-refractivity contribution is -0.157. The fourth-order valence-corrected chi connectivity index (χ4v) is 4.19. The predicted molar refractivity (Wildman–Crippen MR) is 98.3 cm³/mol. The zero-order valence-corrected chi connectivity index (χ0v) is 16.5. The molecule has 1 aliphatic rings. The maximum Gasteiger partial charge on any atom is 0.335 e. The van der Waals surface area contributed by atoms with Crippen LogP contribution in [0.1, 0.15) is 32.3 Å². The van der Waals surface area contributed by atoms with E-state index in [0.29, 0.717) is 26.1 Å². The third-order valence-electron chi connectivity index (χ3n) is 4.29. The largest absolute Gasteiger partial charge is 0.454 e. The molecule has 0 radical (unpaired) electrons. The third kappa shape index (κ3) is 5.75. The standard InChI is InChI=1S/C18H26N2O6S/c1-3-20(4-2)27(23,24)15-9-7-14(8-10-15)12-19-17(21)13-26-18(22)16-6-5-11-25-16/h7-10,16H,3-6,11-13H2,1-2H3,(H,19,21)/t16-/m1/s1. The molecule has 1 fully saturated rings. The van der Waals surface area contributed by atoms with E-state index < -0.39 is 28.0 Å². The van der Waals surface area contributed by atoms with Gasteiger partial charge in [0.05, 0.1) is 4.90 Å². The minimum atomic E-state index is -3.50. The Bertz CT molecular complexity index is 738. The van der Waals surface area contributed by atoms with Gasteiger partial charge < -0.3 is 14.8 Å². The topological polar surface area (TPSA) is 102 Å². The summed E-state index contributed by atoms with van der Waals surface area (Å²) in [7, 11) is -3.50.